The number of carbonyl (C=O) groups excluding carboxylic acids is 2. The molecule has 0 aliphatic carbocycles. The summed E-state index contributed by atoms with van der Waals surface area (Å²) in [6.07, 6.45) is 3.43. The van der Waals surface area contributed by atoms with Gasteiger partial charge in [0, 0.05) is 38.8 Å². The molecule has 2 aliphatic heterocycles. The quantitative estimate of drug-likeness (QED) is 0.792. The van der Waals surface area contributed by atoms with Gasteiger partial charge in [0.15, 0.2) is 0 Å². The van der Waals surface area contributed by atoms with E-state index in [-0.39, 0.29) is 17.9 Å². The summed E-state index contributed by atoms with van der Waals surface area (Å²) in [5.74, 6) is 0.203. The van der Waals surface area contributed by atoms with Crippen LogP contribution in [-0.2, 0) is 18.4 Å². The third-order valence-corrected chi connectivity index (χ3v) is 5.33. The Balaban J connectivity index is 1.37. The second-order valence-corrected chi connectivity index (χ2v) is 7.14. The fraction of sp³-hybridized carbons (Fsp3) is 0.588. The number of hydrogen-bond donors (Lipinski definition) is 0. The number of hydrogen-bond acceptors (Lipinski definition) is 5. The predicted molar refractivity (Wildman–Crippen MR) is 92.3 cm³/mol. The van der Waals surface area contributed by atoms with Crippen LogP contribution in [0.5, 0.6) is 0 Å². The van der Waals surface area contributed by atoms with Crippen LogP contribution in [0.25, 0.3) is 0 Å². The van der Waals surface area contributed by atoms with Crippen LogP contribution in [0.3, 0.4) is 0 Å². The number of aryl methyl sites for hydroxylation is 2. The summed E-state index contributed by atoms with van der Waals surface area (Å²) in [6, 6.07) is 0.131. The van der Waals surface area contributed by atoms with Crippen LogP contribution >= 0.6 is 0 Å². The van der Waals surface area contributed by atoms with Crippen LogP contribution in [0.1, 0.15) is 46.3 Å². The molecule has 4 heterocycles. The molecule has 9 heteroatoms. The highest BCUT2D eigenvalue weighted by Gasteiger charge is 2.35. The van der Waals surface area contributed by atoms with E-state index in [0.29, 0.717) is 31.6 Å². The van der Waals surface area contributed by atoms with Crippen molar-refractivity contribution in [2.24, 2.45) is 7.05 Å². The smallest absolute Gasteiger partial charge is 0.257 e. The van der Waals surface area contributed by atoms with Gasteiger partial charge in [-0.1, -0.05) is 5.21 Å². The Morgan fingerprint density at radius 3 is 2.69 bits per heavy atom. The second kappa shape index (κ2) is 6.22. The molecule has 4 rings (SSSR count). The van der Waals surface area contributed by atoms with Crippen LogP contribution in [0.15, 0.2) is 6.20 Å². The van der Waals surface area contributed by atoms with Gasteiger partial charge in [-0.05, 0) is 20.3 Å². The van der Waals surface area contributed by atoms with E-state index in [9.17, 15) is 9.59 Å². The summed E-state index contributed by atoms with van der Waals surface area (Å²) >= 11 is 0. The van der Waals surface area contributed by atoms with Crippen molar-refractivity contribution in [3.05, 3.63) is 28.8 Å². The molecule has 0 atom stereocenters. The van der Waals surface area contributed by atoms with Gasteiger partial charge >= 0.3 is 0 Å². The molecule has 0 saturated carbocycles. The predicted octanol–water partition coefficient (Wildman–Crippen LogP) is 0.448. The highest BCUT2D eigenvalue weighted by Crippen LogP contribution is 2.25. The van der Waals surface area contributed by atoms with Crippen LogP contribution in [0.2, 0.25) is 0 Å². The lowest BCUT2D eigenvalue weighted by atomic mass is 10.1. The average molecular weight is 357 g/mol. The molecule has 2 aliphatic rings. The molecule has 2 fully saturated rings. The van der Waals surface area contributed by atoms with E-state index >= 15 is 0 Å². The number of aromatic nitrogens is 5. The zero-order chi connectivity index (χ0) is 18.4. The summed E-state index contributed by atoms with van der Waals surface area (Å²) < 4.78 is 3.55. The Morgan fingerprint density at radius 2 is 2.08 bits per heavy atom. The van der Waals surface area contributed by atoms with Gasteiger partial charge in [-0.15, -0.1) is 5.10 Å². The third-order valence-electron chi connectivity index (χ3n) is 5.33. The first-order valence-corrected chi connectivity index (χ1v) is 8.92. The molecule has 138 valence electrons. The molecule has 0 aromatic carbocycles. The summed E-state index contributed by atoms with van der Waals surface area (Å²) in [6.45, 7) is 6.30. The van der Waals surface area contributed by atoms with E-state index in [1.165, 1.54) is 0 Å². The molecule has 0 unspecified atom stereocenters. The number of amides is 2. The lowest BCUT2D eigenvalue weighted by Gasteiger charge is -2.38. The minimum absolute atomic E-state index is 0.0207. The molecule has 0 bridgehead atoms. The van der Waals surface area contributed by atoms with E-state index in [2.05, 4.69) is 15.4 Å². The largest absolute Gasteiger partial charge is 0.337 e. The molecule has 2 saturated heterocycles. The normalized spacial score (nSPS) is 17.9. The minimum atomic E-state index is 0.0207. The molecular formula is C17H23N7O2. The Hall–Kier alpha value is -2.71. The molecule has 0 N–H and O–H groups in total. The van der Waals surface area contributed by atoms with Gasteiger partial charge in [-0.3, -0.25) is 14.3 Å². The standard InChI is InChI=1S/C17H23N7O2/c1-11-16(12(2)21(3)19-11)17(26)23-9-14(10-23)24-8-13(18-20-24)7-22-6-4-5-15(22)25/h8,14H,4-7,9-10H2,1-3H3. The fourth-order valence-corrected chi connectivity index (χ4v) is 3.66. The second-order valence-electron chi connectivity index (χ2n) is 7.14. The van der Waals surface area contributed by atoms with E-state index in [0.717, 1.165) is 30.0 Å². The SMILES string of the molecule is Cc1nn(C)c(C)c1C(=O)N1CC(n2cc(CN3CCCC3=O)nn2)C1. The Morgan fingerprint density at radius 1 is 1.31 bits per heavy atom. The molecule has 9 nitrogen and oxygen atoms in total. The van der Waals surface area contributed by atoms with Crippen molar-refractivity contribution in [2.45, 2.75) is 39.3 Å². The fourth-order valence-electron chi connectivity index (χ4n) is 3.66. The molecular weight excluding hydrogens is 334 g/mol. The molecule has 2 aromatic rings. The van der Waals surface area contributed by atoms with Gasteiger partial charge in [0.1, 0.15) is 5.69 Å². The highest BCUT2D eigenvalue weighted by molar-refractivity contribution is 5.96. The average Bonchev–Trinajstić information content (AvgIpc) is 3.21. The summed E-state index contributed by atoms with van der Waals surface area (Å²) in [7, 11) is 1.85. The molecule has 26 heavy (non-hydrogen) atoms. The van der Waals surface area contributed by atoms with Gasteiger partial charge in [0.05, 0.1) is 30.0 Å². The van der Waals surface area contributed by atoms with E-state index in [4.69, 9.17) is 0 Å². The zero-order valence-corrected chi connectivity index (χ0v) is 15.3. The number of nitrogens with zero attached hydrogens (tertiary/aromatic N) is 7. The van der Waals surface area contributed by atoms with E-state index in [1.807, 2.05) is 41.6 Å². The first kappa shape index (κ1) is 16.7. The maximum absolute atomic E-state index is 12.7. The molecule has 0 spiro atoms. The number of likely N-dealkylation sites (tertiary alicyclic amines) is 2. The monoisotopic (exact) mass is 357 g/mol. The minimum Gasteiger partial charge on any atom is -0.337 e. The van der Waals surface area contributed by atoms with Gasteiger partial charge in [-0.25, -0.2) is 4.68 Å². The van der Waals surface area contributed by atoms with Crippen LogP contribution < -0.4 is 0 Å². The van der Waals surface area contributed by atoms with E-state index in [1.54, 1.807) is 4.68 Å². The first-order valence-electron chi connectivity index (χ1n) is 8.92. The van der Waals surface area contributed by atoms with Crippen molar-refractivity contribution in [1.82, 2.24) is 34.6 Å². The Labute approximate surface area is 151 Å². The van der Waals surface area contributed by atoms with Crippen molar-refractivity contribution in [3.8, 4) is 0 Å². The van der Waals surface area contributed by atoms with Crippen LogP contribution in [-0.4, -0.2) is 66.0 Å². The first-order chi connectivity index (χ1) is 12.4. The van der Waals surface area contributed by atoms with Crippen LogP contribution in [0, 0.1) is 13.8 Å². The van der Waals surface area contributed by atoms with Gasteiger partial charge < -0.3 is 9.80 Å². The lowest BCUT2D eigenvalue weighted by molar-refractivity contribution is -0.128. The summed E-state index contributed by atoms with van der Waals surface area (Å²) in [5, 5.41) is 12.7. The summed E-state index contributed by atoms with van der Waals surface area (Å²) in [5.41, 5.74) is 3.13. The van der Waals surface area contributed by atoms with Crippen molar-refractivity contribution < 1.29 is 9.59 Å². The number of carbonyl (C=O) groups is 2. The Kier molecular flexibility index (Phi) is 4.01. The Bertz CT molecular complexity index is 863. The third kappa shape index (κ3) is 2.77. The zero-order valence-electron chi connectivity index (χ0n) is 15.3. The van der Waals surface area contributed by atoms with Gasteiger partial charge in [0.2, 0.25) is 5.91 Å². The maximum atomic E-state index is 12.7. The van der Waals surface area contributed by atoms with Crippen molar-refractivity contribution >= 4 is 11.8 Å². The van der Waals surface area contributed by atoms with Crippen molar-refractivity contribution in [2.75, 3.05) is 19.6 Å². The maximum Gasteiger partial charge on any atom is 0.257 e. The molecule has 0 radical (unpaired) electrons. The molecule has 2 aromatic heterocycles. The van der Waals surface area contributed by atoms with Crippen LogP contribution in [0.4, 0.5) is 0 Å². The van der Waals surface area contributed by atoms with Crippen molar-refractivity contribution in [3.63, 3.8) is 0 Å². The van der Waals surface area contributed by atoms with Gasteiger partial charge in [-0.2, -0.15) is 5.10 Å². The summed E-state index contributed by atoms with van der Waals surface area (Å²) in [4.78, 5) is 28.1. The van der Waals surface area contributed by atoms with E-state index < -0.39 is 0 Å². The van der Waals surface area contributed by atoms with Gasteiger partial charge in [0.25, 0.3) is 5.91 Å². The highest BCUT2D eigenvalue weighted by atomic mass is 16.2. The lowest BCUT2D eigenvalue weighted by Crippen LogP contribution is -2.51. The topological polar surface area (TPSA) is 89.2 Å². The molecule has 2 amide bonds. The number of rotatable bonds is 4. The van der Waals surface area contributed by atoms with Crippen molar-refractivity contribution in [1.29, 1.82) is 0 Å².